The van der Waals surface area contributed by atoms with Crippen molar-refractivity contribution in [1.82, 2.24) is 9.78 Å². The molecule has 0 saturated heterocycles. The smallest absolute Gasteiger partial charge is 0.258 e. The number of hydrogen-bond acceptors (Lipinski definition) is 3. The lowest BCUT2D eigenvalue weighted by molar-refractivity contribution is -0.386. The van der Waals surface area contributed by atoms with Crippen molar-refractivity contribution in [2.45, 2.75) is 33.2 Å². The molecule has 94 valence electrons. The van der Waals surface area contributed by atoms with Crippen LogP contribution >= 0.6 is 11.6 Å². The molecule has 17 heavy (non-hydrogen) atoms. The first-order valence-electron chi connectivity index (χ1n) is 5.50. The molecule has 1 rings (SSSR count). The number of halogens is 1. The number of hydrogen-bond donors (Lipinski definition) is 0. The lowest BCUT2D eigenvalue weighted by Gasteiger charge is -2.05. The number of rotatable bonds is 6. The quantitative estimate of drug-likeness (QED) is 0.341. The van der Waals surface area contributed by atoms with E-state index < -0.39 is 0 Å². The van der Waals surface area contributed by atoms with E-state index in [1.54, 1.807) is 4.68 Å². The molecule has 0 fully saturated rings. The Morgan fingerprint density at radius 2 is 2.18 bits per heavy atom. The van der Waals surface area contributed by atoms with Gasteiger partial charge in [0.15, 0.2) is 0 Å². The third kappa shape index (κ3) is 2.85. The first kappa shape index (κ1) is 13.7. The summed E-state index contributed by atoms with van der Waals surface area (Å²) in [5.74, 6) is 0.332. The van der Waals surface area contributed by atoms with Gasteiger partial charge in [0.1, 0.15) is 11.4 Å². The zero-order chi connectivity index (χ0) is 13.0. The molecule has 0 aliphatic carbocycles. The predicted octanol–water partition coefficient (Wildman–Crippen LogP) is 2.71. The maximum atomic E-state index is 11.0. The van der Waals surface area contributed by atoms with Crippen LogP contribution in [-0.4, -0.2) is 20.6 Å². The summed E-state index contributed by atoms with van der Waals surface area (Å²) in [5, 5.41) is 15.3. The highest BCUT2D eigenvalue weighted by atomic mass is 35.5. The van der Waals surface area contributed by atoms with Crippen LogP contribution in [0.2, 0.25) is 0 Å². The molecule has 0 aromatic carbocycles. The average molecular weight is 258 g/mol. The summed E-state index contributed by atoms with van der Waals surface area (Å²) in [7, 11) is 0. The third-order valence-electron chi connectivity index (χ3n) is 2.51. The molecule has 1 aromatic heterocycles. The number of aromatic nitrogens is 2. The van der Waals surface area contributed by atoms with Crippen LogP contribution in [0.15, 0.2) is 12.2 Å². The fourth-order valence-electron chi connectivity index (χ4n) is 1.73. The van der Waals surface area contributed by atoms with Crippen molar-refractivity contribution in [3.8, 4) is 0 Å². The minimum atomic E-state index is -0.357. The van der Waals surface area contributed by atoms with Crippen LogP contribution in [0.3, 0.4) is 0 Å². The highest BCUT2D eigenvalue weighted by Crippen LogP contribution is 2.25. The molecule has 6 heteroatoms. The molecule has 0 saturated carbocycles. The Kier molecular flexibility index (Phi) is 4.69. The van der Waals surface area contributed by atoms with Crippen molar-refractivity contribution >= 4 is 17.3 Å². The van der Waals surface area contributed by atoms with Gasteiger partial charge in [0.05, 0.1) is 11.5 Å². The van der Waals surface area contributed by atoms with Crippen LogP contribution in [0.4, 0.5) is 5.69 Å². The van der Waals surface area contributed by atoms with E-state index in [1.807, 2.05) is 13.8 Å². The van der Waals surface area contributed by atoms with Gasteiger partial charge in [0, 0.05) is 5.88 Å². The second kappa shape index (κ2) is 5.82. The fraction of sp³-hybridized carbons (Fsp3) is 0.545. The van der Waals surface area contributed by atoms with Crippen molar-refractivity contribution in [3.63, 3.8) is 0 Å². The summed E-state index contributed by atoms with van der Waals surface area (Å²) in [6.45, 7) is 7.96. The highest BCUT2D eigenvalue weighted by Gasteiger charge is 2.25. The lowest BCUT2D eigenvalue weighted by atomic mass is 10.2. The number of alkyl halides is 1. The number of allylic oxidation sites excluding steroid dienone is 1. The molecule has 1 aromatic rings. The molecule has 0 radical (unpaired) electrons. The van der Waals surface area contributed by atoms with Gasteiger partial charge in [0.25, 0.3) is 0 Å². The van der Waals surface area contributed by atoms with E-state index >= 15 is 0 Å². The second-order valence-electron chi connectivity index (χ2n) is 3.75. The van der Waals surface area contributed by atoms with Crippen LogP contribution < -0.4 is 0 Å². The molecule has 0 bridgehead atoms. The third-order valence-corrected chi connectivity index (χ3v) is 2.89. The van der Waals surface area contributed by atoms with Gasteiger partial charge in [-0.3, -0.25) is 14.8 Å². The molecular weight excluding hydrogens is 242 g/mol. The van der Waals surface area contributed by atoms with Gasteiger partial charge >= 0.3 is 5.69 Å². The van der Waals surface area contributed by atoms with Crippen molar-refractivity contribution in [3.05, 3.63) is 33.7 Å². The van der Waals surface area contributed by atoms with Crippen molar-refractivity contribution in [2.75, 3.05) is 5.88 Å². The van der Waals surface area contributed by atoms with Crippen LogP contribution in [-0.2, 0) is 19.4 Å². The standard InChI is InChI=1S/C11H16ClN3O2/c1-4-9-11(15(16)17)10(5-2)14(13-9)7-8(3)6-12/h3-7H2,1-2H3. The monoisotopic (exact) mass is 257 g/mol. The molecule has 0 amide bonds. The lowest BCUT2D eigenvalue weighted by Crippen LogP contribution is -2.07. The van der Waals surface area contributed by atoms with Crippen molar-refractivity contribution in [1.29, 1.82) is 0 Å². The Hall–Kier alpha value is -1.36. The van der Waals surface area contributed by atoms with Crippen LogP contribution in [0.1, 0.15) is 25.2 Å². The van der Waals surface area contributed by atoms with Gasteiger partial charge in [-0.25, -0.2) is 0 Å². The Morgan fingerprint density at radius 3 is 2.59 bits per heavy atom. The minimum absolute atomic E-state index is 0.136. The molecule has 0 aliphatic rings. The molecule has 0 spiro atoms. The van der Waals surface area contributed by atoms with Crippen LogP contribution in [0, 0.1) is 10.1 Å². The Balaban J connectivity index is 3.22. The molecule has 0 unspecified atom stereocenters. The minimum Gasteiger partial charge on any atom is -0.258 e. The molecular formula is C11H16ClN3O2. The Labute approximate surface area is 105 Å². The van der Waals surface area contributed by atoms with E-state index in [-0.39, 0.29) is 10.6 Å². The summed E-state index contributed by atoms with van der Waals surface area (Å²) in [5.41, 5.74) is 2.09. The highest BCUT2D eigenvalue weighted by molar-refractivity contribution is 6.19. The molecule has 5 nitrogen and oxygen atoms in total. The Morgan fingerprint density at radius 1 is 1.53 bits per heavy atom. The van der Waals surface area contributed by atoms with E-state index in [1.165, 1.54) is 0 Å². The molecule has 0 atom stereocenters. The summed E-state index contributed by atoms with van der Waals surface area (Å²) in [6.07, 6.45) is 1.11. The van der Waals surface area contributed by atoms with Crippen LogP contribution in [0.25, 0.3) is 0 Å². The van der Waals surface area contributed by atoms with E-state index in [0.29, 0.717) is 36.7 Å². The molecule has 1 heterocycles. The zero-order valence-electron chi connectivity index (χ0n) is 10.1. The van der Waals surface area contributed by atoms with Crippen molar-refractivity contribution in [2.24, 2.45) is 0 Å². The van der Waals surface area contributed by atoms with E-state index in [9.17, 15) is 10.1 Å². The first-order chi connectivity index (χ1) is 8.04. The summed E-state index contributed by atoms with van der Waals surface area (Å²) < 4.78 is 1.64. The topological polar surface area (TPSA) is 61.0 Å². The normalized spacial score (nSPS) is 10.5. The summed E-state index contributed by atoms with van der Waals surface area (Å²) in [4.78, 5) is 10.7. The van der Waals surface area contributed by atoms with Gasteiger partial charge in [-0.15, -0.1) is 11.6 Å². The number of aryl methyl sites for hydroxylation is 1. The largest absolute Gasteiger partial charge is 0.313 e. The van der Waals surface area contributed by atoms with Gasteiger partial charge in [-0.2, -0.15) is 5.10 Å². The van der Waals surface area contributed by atoms with Crippen molar-refractivity contribution < 1.29 is 4.92 Å². The fourth-order valence-corrected chi connectivity index (χ4v) is 1.81. The number of nitrogens with zero attached hydrogens (tertiary/aromatic N) is 3. The SMILES string of the molecule is C=C(CCl)Cn1nc(CC)c([N+](=O)[O-])c1CC. The van der Waals surface area contributed by atoms with Gasteiger partial charge in [-0.05, 0) is 18.4 Å². The molecule has 0 N–H and O–H groups in total. The van der Waals surface area contributed by atoms with Gasteiger partial charge in [-0.1, -0.05) is 20.4 Å². The average Bonchev–Trinajstić information content (AvgIpc) is 2.66. The summed E-state index contributed by atoms with van der Waals surface area (Å²) in [6, 6.07) is 0. The predicted molar refractivity (Wildman–Crippen MR) is 67.5 cm³/mol. The van der Waals surface area contributed by atoms with Gasteiger partial charge < -0.3 is 0 Å². The molecule has 0 aliphatic heterocycles. The maximum Gasteiger partial charge on any atom is 0.313 e. The van der Waals surface area contributed by atoms with E-state index in [0.717, 1.165) is 5.57 Å². The van der Waals surface area contributed by atoms with E-state index in [4.69, 9.17) is 11.6 Å². The van der Waals surface area contributed by atoms with Crippen LogP contribution in [0.5, 0.6) is 0 Å². The zero-order valence-corrected chi connectivity index (χ0v) is 10.8. The first-order valence-corrected chi connectivity index (χ1v) is 6.04. The second-order valence-corrected chi connectivity index (χ2v) is 4.01. The van der Waals surface area contributed by atoms with E-state index in [2.05, 4.69) is 11.7 Å². The Bertz CT molecular complexity index is 440. The summed E-state index contributed by atoms with van der Waals surface area (Å²) >= 11 is 5.67. The maximum absolute atomic E-state index is 11.0. The van der Waals surface area contributed by atoms with Gasteiger partial charge in [0.2, 0.25) is 0 Å². The number of nitro groups is 1.